The first-order valence-corrected chi connectivity index (χ1v) is 12.1. The minimum Gasteiger partial charge on any atom is -0.334 e. The van der Waals surface area contributed by atoms with Crippen LogP contribution in [0.2, 0.25) is 0 Å². The lowest BCUT2D eigenvalue weighted by atomic mass is 9.93. The maximum atomic E-state index is 13.4. The molecule has 7 nitrogen and oxygen atoms in total. The van der Waals surface area contributed by atoms with Crippen LogP contribution in [0.15, 0.2) is 30.7 Å². The van der Waals surface area contributed by atoms with E-state index in [9.17, 15) is 4.79 Å². The lowest BCUT2D eigenvalue weighted by Gasteiger charge is -2.36. The van der Waals surface area contributed by atoms with Crippen molar-refractivity contribution in [2.45, 2.75) is 78.8 Å². The fraction of sp³-hybridized carbons (Fsp3) is 0.500. The molecule has 1 unspecified atom stereocenters. The Bertz CT molecular complexity index is 1110. The molecule has 0 bridgehead atoms. The smallest absolute Gasteiger partial charge is 0.225 e. The lowest BCUT2D eigenvalue weighted by Crippen LogP contribution is -2.39. The molecule has 4 rings (SSSR count). The summed E-state index contributed by atoms with van der Waals surface area (Å²) in [6.07, 6.45) is 10.8. The van der Waals surface area contributed by atoms with Gasteiger partial charge in [-0.1, -0.05) is 6.92 Å². The normalized spacial score (nSPS) is 16.2. The van der Waals surface area contributed by atoms with E-state index in [-0.39, 0.29) is 11.9 Å². The van der Waals surface area contributed by atoms with Gasteiger partial charge in [-0.3, -0.25) is 14.5 Å². The fourth-order valence-corrected chi connectivity index (χ4v) is 4.65. The van der Waals surface area contributed by atoms with Gasteiger partial charge in [0.1, 0.15) is 5.82 Å². The molecule has 33 heavy (non-hydrogen) atoms. The first-order valence-electron chi connectivity index (χ1n) is 12.1. The van der Waals surface area contributed by atoms with Crippen LogP contribution in [0.25, 0.3) is 11.1 Å². The van der Waals surface area contributed by atoms with E-state index < -0.39 is 0 Å². The summed E-state index contributed by atoms with van der Waals surface area (Å²) in [5, 5.41) is 4.61. The molecule has 1 fully saturated rings. The van der Waals surface area contributed by atoms with Crippen molar-refractivity contribution < 1.29 is 4.79 Å². The van der Waals surface area contributed by atoms with Crippen LogP contribution >= 0.6 is 0 Å². The largest absolute Gasteiger partial charge is 0.334 e. The third-order valence-corrected chi connectivity index (χ3v) is 6.75. The van der Waals surface area contributed by atoms with Crippen LogP contribution in [-0.4, -0.2) is 42.1 Å². The number of carbonyl (C=O) groups is 1. The summed E-state index contributed by atoms with van der Waals surface area (Å²) in [6, 6.07) is 3.94. The summed E-state index contributed by atoms with van der Waals surface area (Å²) in [5.41, 5.74) is 6.37. The molecule has 0 aromatic carbocycles. The number of hydrogen-bond donors (Lipinski definition) is 0. The molecule has 0 N–H and O–H groups in total. The van der Waals surface area contributed by atoms with Gasteiger partial charge in [-0.15, -0.1) is 0 Å². The average molecular weight is 447 g/mol. The molecule has 3 aromatic rings. The van der Waals surface area contributed by atoms with Crippen molar-refractivity contribution in [1.82, 2.24) is 29.6 Å². The van der Waals surface area contributed by atoms with E-state index in [2.05, 4.69) is 35.8 Å². The Morgan fingerprint density at radius 2 is 1.94 bits per heavy atom. The second-order valence-corrected chi connectivity index (χ2v) is 8.94. The SMILES string of the molecule is CCCc1ncc(-c2ccncc2)c(C2CCCCN2C(=O)CCn2nc(C)c(C)c2C)n1. The zero-order valence-corrected chi connectivity index (χ0v) is 20.2. The van der Waals surface area contributed by atoms with Gasteiger partial charge in [0.15, 0.2) is 0 Å². The topological polar surface area (TPSA) is 76.8 Å². The number of pyridine rings is 1. The van der Waals surface area contributed by atoms with Crippen molar-refractivity contribution >= 4 is 5.91 Å². The molecule has 7 heteroatoms. The van der Waals surface area contributed by atoms with Crippen LogP contribution in [0.5, 0.6) is 0 Å². The maximum Gasteiger partial charge on any atom is 0.225 e. The molecule has 0 aliphatic carbocycles. The van der Waals surface area contributed by atoms with Gasteiger partial charge in [0, 0.05) is 55.8 Å². The predicted molar refractivity (Wildman–Crippen MR) is 129 cm³/mol. The highest BCUT2D eigenvalue weighted by Crippen LogP contribution is 2.36. The summed E-state index contributed by atoms with van der Waals surface area (Å²) in [7, 11) is 0. The Hall–Kier alpha value is -3.09. The number of likely N-dealkylation sites (tertiary alicyclic amines) is 1. The minimum atomic E-state index is -0.0322. The quantitative estimate of drug-likeness (QED) is 0.523. The third kappa shape index (κ3) is 4.97. The van der Waals surface area contributed by atoms with Crippen LogP contribution in [-0.2, 0) is 17.8 Å². The molecule has 174 valence electrons. The monoisotopic (exact) mass is 446 g/mol. The summed E-state index contributed by atoms with van der Waals surface area (Å²) < 4.78 is 1.97. The van der Waals surface area contributed by atoms with Crippen LogP contribution in [0.4, 0.5) is 0 Å². The number of amides is 1. The van der Waals surface area contributed by atoms with E-state index in [1.807, 2.05) is 34.8 Å². The summed E-state index contributed by atoms with van der Waals surface area (Å²) in [5.74, 6) is 1.02. The number of aryl methyl sites for hydroxylation is 3. The van der Waals surface area contributed by atoms with E-state index in [1.54, 1.807) is 12.4 Å². The molecule has 0 radical (unpaired) electrons. The second kappa shape index (κ2) is 10.2. The van der Waals surface area contributed by atoms with Crippen molar-refractivity contribution in [2.75, 3.05) is 6.54 Å². The number of piperidine rings is 1. The highest BCUT2D eigenvalue weighted by Gasteiger charge is 2.31. The Morgan fingerprint density at radius 1 is 1.15 bits per heavy atom. The Morgan fingerprint density at radius 3 is 2.64 bits per heavy atom. The molecule has 4 heterocycles. The zero-order chi connectivity index (χ0) is 23.4. The maximum absolute atomic E-state index is 13.4. The van der Waals surface area contributed by atoms with Gasteiger partial charge in [0.05, 0.1) is 17.4 Å². The molecular weight excluding hydrogens is 412 g/mol. The molecular formula is C26H34N6O. The molecule has 1 aliphatic rings. The molecule has 1 amide bonds. The summed E-state index contributed by atoms with van der Waals surface area (Å²) in [6.45, 7) is 9.68. The van der Waals surface area contributed by atoms with Gasteiger partial charge in [0.2, 0.25) is 5.91 Å². The van der Waals surface area contributed by atoms with E-state index in [1.165, 1.54) is 5.56 Å². The van der Waals surface area contributed by atoms with Crippen LogP contribution in [0, 0.1) is 20.8 Å². The predicted octanol–water partition coefficient (Wildman–Crippen LogP) is 4.76. The molecule has 0 saturated carbocycles. The van der Waals surface area contributed by atoms with Gasteiger partial charge in [-0.2, -0.15) is 5.10 Å². The van der Waals surface area contributed by atoms with Gasteiger partial charge >= 0.3 is 0 Å². The van der Waals surface area contributed by atoms with Gasteiger partial charge < -0.3 is 4.90 Å². The Kier molecular flexibility index (Phi) is 7.16. The first kappa shape index (κ1) is 23.1. The van der Waals surface area contributed by atoms with E-state index in [0.717, 1.165) is 72.7 Å². The Labute approximate surface area is 196 Å². The number of hydrogen-bond acceptors (Lipinski definition) is 5. The van der Waals surface area contributed by atoms with Crippen molar-refractivity contribution in [2.24, 2.45) is 0 Å². The van der Waals surface area contributed by atoms with E-state index in [0.29, 0.717) is 13.0 Å². The number of nitrogens with zero attached hydrogens (tertiary/aromatic N) is 6. The van der Waals surface area contributed by atoms with E-state index in [4.69, 9.17) is 4.98 Å². The third-order valence-electron chi connectivity index (χ3n) is 6.75. The van der Waals surface area contributed by atoms with Crippen molar-refractivity contribution in [1.29, 1.82) is 0 Å². The highest BCUT2D eigenvalue weighted by atomic mass is 16.2. The highest BCUT2D eigenvalue weighted by molar-refractivity contribution is 5.77. The molecule has 0 spiro atoms. The van der Waals surface area contributed by atoms with Gasteiger partial charge in [-0.05, 0) is 69.7 Å². The minimum absolute atomic E-state index is 0.0322. The van der Waals surface area contributed by atoms with E-state index >= 15 is 0 Å². The average Bonchev–Trinajstić information content (AvgIpc) is 3.09. The van der Waals surface area contributed by atoms with Crippen molar-refractivity contribution in [3.8, 4) is 11.1 Å². The molecule has 1 saturated heterocycles. The molecule has 1 atom stereocenters. The zero-order valence-electron chi connectivity index (χ0n) is 20.2. The lowest BCUT2D eigenvalue weighted by molar-refractivity contribution is -0.135. The fourth-order valence-electron chi connectivity index (χ4n) is 4.65. The van der Waals surface area contributed by atoms with Crippen molar-refractivity contribution in [3.05, 3.63) is 59.2 Å². The number of carbonyl (C=O) groups excluding carboxylic acids is 1. The van der Waals surface area contributed by atoms with Gasteiger partial charge in [-0.25, -0.2) is 9.97 Å². The standard InChI is InChI=1S/C26H34N6O/c1-5-8-24-28-17-22(21-10-13-27-14-11-21)26(29-24)23-9-6-7-15-31(23)25(33)12-16-32-20(4)18(2)19(3)30-32/h10-11,13-14,17,23H,5-9,12,15-16H2,1-4H3. The molecule has 3 aromatic heterocycles. The molecule has 1 aliphatic heterocycles. The van der Waals surface area contributed by atoms with Crippen LogP contribution in [0.3, 0.4) is 0 Å². The summed E-state index contributed by atoms with van der Waals surface area (Å²) in [4.78, 5) is 29.3. The van der Waals surface area contributed by atoms with Gasteiger partial charge in [0.25, 0.3) is 0 Å². The Balaban J connectivity index is 1.62. The van der Waals surface area contributed by atoms with Crippen molar-refractivity contribution in [3.63, 3.8) is 0 Å². The second-order valence-electron chi connectivity index (χ2n) is 8.94. The first-order chi connectivity index (χ1) is 16.0. The van der Waals surface area contributed by atoms with Crippen LogP contribution in [0.1, 0.15) is 73.5 Å². The summed E-state index contributed by atoms with van der Waals surface area (Å²) >= 11 is 0. The number of rotatable bonds is 7. The van der Waals surface area contributed by atoms with Crippen LogP contribution < -0.4 is 0 Å². The number of aromatic nitrogens is 5.